The molecule has 1 aliphatic heterocycles. The van der Waals surface area contributed by atoms with Gasteiger partial charge in [-0.25, -0.2) is 0 Å². The third-order valence-electron chi connectivity index (χ3n) is 3.24. The normalized spacial score (nSPS) is 12.9. The quantitative estimate of drug-likeness (QED) is 0.721. The Kier molecular flexibility index (Phi) is 4.24. The summed E-state index contributed by atoms with van der Waals surface area (Å²) in [5.41, 5.74) is 3.31. The van der Waals surface area contributed by atoms with Gasteiger partial charge < -0.3 is 10.1 Å². The van der Waals surface area contributed by atoms with E-state index in [2.05, 4.69) is 37.2 Å². The van der Waals surface area contributed by atoms with E-state index in [0.717, 1.165) is 44.0 Å². The van der Waals surface area contributed by atoms with Gasteiger partial charge in [-0.15, -0.1) is 0 Å². The van der Waals surface area contributed by atoms with Crippen LogP contribution in [0.3, 0.4) is 0 Å². The van der Waals surface area contributed by atoms with Crippen molar-refractivity contribution < 1.29 is 4.74 Å². The van der Waals surface area contributed by atoms with Crippen LogP contribution in [0.2, 0.25) is 5.02 Å². The predicted molar refractivity (Wildman–Crippen MR) is 89.8 cm³/mol. The molecule has 1 aliphatic rings. The average Bonchev–Trinajstić information content (AvgIpc) is 2.86. The van der Waals surface area contributed by atoms with Crippen molar-refractivity contribution >= 4 is 49.1 Å². The van der Waals surface area contributed by atoms with Gasteiger partial charge in [0.1, 0.15) is 5.75 Å². The Morgan fingerprint density at radius 2 is 1.95 bits per heavy atom. The van der Waals surface area contributed by atoms with E-state index in [-0.39, 0.29) is 0 Å². The number of halogens is 3. The molecule has 0 saturated carbocycles. The van der Waals surface area contributed by atoms with Gasteiger partial charge in [0.2, 0.25) is 0 Å². The zero-order valence-corrected chi connectivity index (χ0v) is 14.5. The molecule has 1 N–H and O–H groups in total. The van der Waals surface area contributed by atoms with E-state index >= 15 is 0 Å². The predicted octanol–water partition coefficient (Wildman–Crippen LogP) is 5.41. The van der Waals surface area contributed by atoms with Crippen molar-refractivity contribution in [3.63, 3.8) is 0 Å². The van der Waals surface area contributed by atoms with E-state index in [1.54, 1.807) is 0 Å². The highest BCUT2D eigenvalue weighted by molar-refractivity contribution is 9.11. The van der Waals surface area contributed by atoms with Gasteiger partial charge in [0.15, 0.2) is 0 Å². The Labute approximate surface area is 139 Å². The molecule has 0 radical (unpaired) electrons. The van der Waals surface area contributed by atoms with Crippen LogP contribution in [0, 0.1) is 0 Å². The lowest BCUT2D eigenvalue weighted by Crippen LogP contribution is -2.03. The Balaban J connectivity index is 1.86. The molecule has 3 rings (SSSR count). The highest BCUT2D eigenvalue weighted by atomic mass is 79.9. The van der Waals surface area contributed by atoms with Crippen molar-refractivity contribution in [2.24, 2.45) is 0 Å². The second-order valence-electron chi connectivity index (χ2n) is 4.60. The van der Waals surface area contributed by atoms with E-state index in [1.807, 2.05) is 30.3 Å². The molecule has 0 aromatic heterocycles. The minimum Gasteiger partial charge on any atom is -0.493 e. The SMILES string of the molecule is Clc1cc2c(c(CNc3c(Br)cccc3Br)c1)OCC2. The van der Waals surface area contributed by atoms with Crippen LogP contribution in [0.25, 0.3) is 0 Å². The maximum atomic E-state index is 6.17. The Hall–Kier alpha value is -0.710. The molecule has 2 aromatic rings. The molecule has 1 heterocycles. The van der Waals surface area contributed by atoms with Crippen LogP contribution in [0.5, 0.6) is 5.75 Å². The topological polar surface area (TPSA) is 21.3 Å². The van der Waals surface area contributed by atoms with E-state index < -0.39 is 0 Å². The third kappa shape index (κ3) is 2.83. The summed E-state index contributed by atoms with van der Waals surface area (Å²) in [5, 5.41) is 4.18. The summed E-state index contributed by atoms with van der Waals surface area (Å²) in [5.74, 6) is 0.977. The van der Waals surface area contributed by atoms with Crippen molar-refractivity contribution in [1.82, 2.24) is 0 Å². The van der Waals surface area contributed by atoms with E-state index in [0.29, 0.717) is 6.54 Å². The lowest BCUT2D eigenvalue weighted by molar-refractivity contribution is 0.354. The van der Waals surface area contributed by atoms with Crippen LogP contribution in [0.15, 0.2) is 39.3 Å². The number of nitrogens with one attached hydrogen (secondary N) is 1. The zero-order valence-electron chi connectivity index (χ0n) is 10.6. The van der Waals surface area contributed by atoms with Crippen molar-refractivity contribution in [3.05, 3.63) is 55.4 Å². The molecule has 2 aromatic carbocycles. The van der Waals surface area contributed by atoms with E-state index in [1.165, 1.54) is 5.56 Å². The largest absolute Gasteiger partial charge is 0.493 e. The second kappa shape index (κ2) is 5.96. The number of hydrogen-bond acceptors (Lipinski definition) is 2. The molecule has 0 saturated heterocycles. The molecule has 5 heteroatoms. The first-order valence-corrected chi connectivity index (χ1v) is 8.23. The monoisotopic (exact) mass is 415 g/mol. The summed E-state index contributed by atoms with van der Waals surface area (Å²) in [6, 6.07) is 9.95. The maximum Gasteiger partial charge on any atom is 0.127 e. The smallest absolute Gasteiger partial charge is 0.127 e. The van der Waals surface area contributed by atoms with Gasteiger partial charge in [-0.1, -0.05) is 17.7 Å². The number of benzene rings is 2. The van der Waals surface area contributed by atoms with Crippen molar-refractivity contribution in [2.45, 2.75) is 13.0 Å². The lowest BCUT2D eigenvalue weighted by atomic mass is 10.1. The van der Waals surface area contributed by atoms with Gasteiger partial charge in [0.05, 0.1) is 12.3 Å². The number of anilines is 1. The highest BCUT2D eigenvalue weighted by Gasteiger charge is 2.17. The first-order chi connectivity index (χ1) is 9.65. The molecular weight excluding hydrogens is 405 g/mol. The molecule has 2 nitrogen and oxygen atoms in total. The minimum absolute atomic E-state index is 0.671. The summed E-state index contributed by atoms with van der Waals surface area (Å²) in [6.45, 7) is 1.41. The van der Waals surface area contributed by atoms with Gasteiger partial charge in [0, 0.05) is 32.5 Å². The summed E-state index contributed by atoms with van der Waals surface area (Å²) in [4.78, 5) is 0. The number of rotatable bonds is 3. The van der Waals surface area contributed by atoms with Crippen molar-refractivity contribution in [3.8, 4) is 5.75 Å². The number of hydrogen-bond donors (Lipinski definition) is 1. The molecule has 104 valence electrons. The van der Waals surface area contributed by atoms with Crippen LogP contribution in [-0.4, -0.2) is 6.61 Å². The molecule has 0 fully saturated rings. The van der Waals surface area contributed by atoms with E-state index in [4.69, 9.17) is 16.3 Å². The van der Waals surface area contributed by atoms with Crippen LogP contribution >= 0.6 is 43.5 Å². The lowest BCUT2D eigenvalue weighted by Gasteiger charge is -2.13. The highest BCUT2D eigenvalue weighted by Crippen LogP contribution is 2.35. The Morgan fingerprint density at radius 1 is 1.20 bits per heavy atom. The average molecular weight is 418 g/mol. The standard InChI is InChI=1S/C15H12Br2ClNO/c16-12-2-1-3-13(17)14(12)19-8-10-7-11(18)6-9-4-5-20-15(9)10/h1-3,6-7,19H,4-5,8H2. The molecule has 0 aliphatic carbocycles. The molecule has 0 amide bonds. The minimum atomic E-state index is 0.671. The Bertz CT molecular complexity index is 640. The van der Waals surface area contributed by atoms with Gasteiger partial charge in [-0.3, -0.25) is 0 Å². The fourth-order valence-electron chi connectivity index (χ4n) is 2.33. The summed E-state index contributed by atoms with van der Waals surface area (Å²) in [7, 11) is 0. The number of para-hydroxylation sites is 1. The summed E-state index contributed by atoms with van der Waals surface area (Å²) >= 11 is 13.3. The zero-order chi connectivity index (χ0) is 14.1. The van der Waals surface area contributed by atoms with Crippen molar-refractivity contribution in [2.75, 3.05) is 11.9 Å². The molecule has 0 bridgehead atoms. The summed E-state index contributed by atoms with van der Waals surface area (Å²) < 4.78 is 7.75. The summed E-state index contributed by atoms with van der Waals surface area (Å²) in [6.07, 6.45) is 0.932. The fraction of sp³-hybridized carbons (Fsp3) is 0.200. The van der Waals surface area contributed by atoms with Gasteiger partial charge >= 0.3 is 0 Å². The second-order valence-corrected chi connectivity index (χ2v) is 6.75. The molecule has 0 atom stereocenters. The molecule has 0 unspecified atom stereocenters. The third-order valence-corrected chi connectivity index (χ3v) is 4.78. The van der Waals surface area contributed by atoms with Crippen LogP contribution < -0.4 is 10.1 Å². The molecule has 0 spiro atoms. The van der Waals surface area contributed by atoms with Gasteiger partial charge in [0.25, 0.3) is 0 Å². The fourth-order valence-corrected chi connectivity index (χ4v) is 3.87. The maximum absolute atomic E-state index is 6.17. The van der Waals surface area contributed by atoms with E-state index in [9.17, 15) is 0 Å². The Morgan fingerprint density at radius 3 is 2.70 bits per heavy atom. The van der Waals surface area contributed by atoms with Crippen LogP contribution in [-0.2, 0) is 13.0 Å². The number of fused-ring (bicyclic) bond motifs is 1. The van der Waals surface area contributed by atoms with Gasteiger partial charge in [-0.05, 0) is 61.7 Å². The molecule has 20 heavy (non-hydrogen) atoms. The van der Waals surface area contributed by atoms with Crippen LogP contribution in [0.4, 0.5) is 5.69 Å². The van der Waals surface area contributed by atoms with Crippen LogP contribution in [0.1, 0.15) is 11.1 Å². The first-order valence-electron chi connectivity index (χ1n) is 6.27. The first kappa shape index (κ1) is 14.2. The van der Waals surface area contributed by atoms with Gasteiger partial charge in [-0.2, -0.15) is 0 Å². The molecular formula is C15H12Br2ClNO. The van der Waals surface area contributed by atoms with Crippen molar-refractivity contribution in [1.29, 1.82) is 0 Å². The number of ether oxygens (including phenoxy) is 1.